The highest BCUT2D eigenvalue weighted by atomic mass is 19.1. The van der Waals surface area contributed by atoms with E-state index < -0.39 is 23.3 Å². The SMILES string of the molecule is CC(C)(O)CCNc1c(C(=O)NC[C@@H](F)C(C)(C)O)cnn2cc(-c3ccc(C#N)nc3)cc12. The Morgan fingerprint density at radius 1 is 1.24 bits per heavy atom. The van der Waals surface area contributed by atoms with Crippen LogP contribution in [0.15, 0.2) is 36.8 Å². The van der Waals surface area contributed by atoms with Crippen LogP contribution >= 0.6 is 0 Å². The van der Waals surface area contributed by atoms with Crippen LogP contribution in [0.25, 0.3) is 16.6 Å². The van der Waals surface area contributed by atoms with Crippen molar-refractivity contribution in [3.8, 4) is 17.2 Å². The standard InChI is InChI=1S/C24H29FN6O3/c1-23(2,33)7-8-27-21-18(22(32)29-13-20(25)24(3,4)34)12-30-31-14-16(9-19(21)31)15-5-6-17(10-26)28-11-15/h5-6,9,11-12,14,20,27,33-34H,7-8,13H2,1-4H3,(H,29,32)/t20-/m1/s1. The molecule has 3 aromatic rings. The molecule has 0 aliphatic rings. The summed E-state index contributed by atoms with van der Waals surface area (Å²) in [7, 11) is 0. The van der Waals surface area contributed by atoms with Crippen molar-refractivity contribution in [2.45, 2.75) is 51.5 Å². The molecule has 0 saturated carbocycles. The van der Waals surface area contributed by atoms with E-state index in [0.29, 0.717) is 29.9 Å². The smallest absolute Gasteiger partial charge is 0.255 e. The molecular weight excluding hydrogens is 439 g/mol. The van der Waals surface area contributed by atoms with Gasteiger partial charge < -0.3 is 20.8 Å². The van der Waals surface area contributed by atoms with Gasteiger partial charge in [-0.2, -0.15) is 10.4 Å². The molecule has 9 nitrogen and oxygen atoms in total. The van der Waals surface area contributed by atoms with Crippen LogP contribution in [0.2, 0.25) is 0 Å². The number of halogens is 1. The Kier molecular flexibility index (Phi) is 7.19. The van der Waals surface area contributed by atoms with Gasteiger partial charge in [0.2, 0.25) is 0 Å². The summed E-state index contributed by atoms with van der Waals surface area (Å²) in [5.41, 5.74) is 0.625. The number of carbonyl (C=O) groups excluding carboxylic acids is 1. The highest BCUT2D eigenvalue weighted by Crippen LogP contribution is 2.29. The molecular formula is C24H29FN6O3. The number of nitrogens with one attached hydrogen (secondary N) is 2. The number of rotatable bonds is 9. The number of fused-ring (bicyclic) bond motifs is 1. The molecule has 4 N–H and O–H groups in total. The highest BCUT2D eigenvalue weighted by Gasteiger charge is 2.27. The number of alkyl halides is 1. The second-order valence-electron chi connectivity index (χ2n) is 9.36. The quantitative estimate of drug-likeness (QED) is 0.379. The fraction of sp³-hybridized carbons (Fsp3) is 0.417. The van der Waals surface area contributed by atoms with Crippen LogP contribution in [0, 0.1) is 11.3 Å². The average Bonchev–Trinajstić information content (AvgIpc) is 3.20. The molecule has 0 spiro atoms. The number of carbonyl (C=O) groups is 1. The maximum Gasteiger partial charge on any atom is 0.255 e. The molecule has 10 heteroatoms. The highest BCUT2D eigenvalue weighted by molar-refractivity contribution is 6.03. The summed E-state index contributed by atoms with van der Waals surface area (Å²) >= 11 is 0. The third kappa shape index (κ3) is 6.07. The minimum Gasteiger partial charge on any atom is -0.390 e. The Morgan fingerprint density at radius 3 is 2.56 bits per heavy atom. The van der Waals surface area contributed by atoms with Crippen LogP contribution in [-0.2, 0) is 0 Å². The van der Waals surface area contributed by atoms with Crippen molar-refractivity contribution >= 4 is 17.1 Å². The number of aliphatic hydroxyl groups is 2. The van der Waals surface area contributed by atoms with Gasteiger partial charge in [-0.05, 0) is 52.3 Å². The van der Waals surface area contributed by atoms with E-state index in [-0.39, 0.29) is 12.1 Å². The molecule has 180 valence electrons. The van der Waals surface area contributed by atoms with E-state index in [4.69, 9.17) is 5.26 Å². The number of amides is 1. The summed E-state index contributed by atoms with van der Waals surface area (Å²) in [6, 6.07) is 7.19. The summed E-state index contributed by atoms with van der Waals surface area (Å²) in [6.07, 6.45) is 3.50. The summed E-state index contributed by atoms with van der Waals surface area (Å²) in [4.78, 5) is 17.0. The van der Waals surface area contributed by atoms with Gasteiger partial charge in [-0.3, -0.25) is 4.79 Å². The fourth-order valence-corrected chi connectivity index (χ4v) is 3.22. The minimum atomic E-state index is -1.65. The van der Waals surface area contributed by atoms with E-state index in [0.717, 1.165) is 11.1 Å². The van der Waals surface area contributed by atoms with Crippen LogP contribution in [0.5, 0.6) is 0 Å². The Morgan fingerprint density at radius 2 is 1.97 bits per heavy atom. The second-order valence-corrected chi connectivity index (χ2v) is 9.36. The van der Waals surface area contributed by atoms with Gasteiger partial charge in [0.15, 0.2) is 0 Å². The minimum absolute atomic E-state index is 0.203. The van der Waals surface area contributed by atoms with Gasteiger partial charge in [0.25, 0.3) is 5.91 Å². The molecule has 34 heavy (non-hydrogen) atoms. The molecule has 0 unspecified atom stereocenters. The normalized spacial score (nSPS) is 12.9. The Bertz CT molecular complexity index is 1200. The van der Waals surface area contributed by atoms with Crippen molar-refractivity contribution < 1.29 is 19.4 Å². The number of anilines is 1. The van der Waals surface area contributed by atoms with Crippen molar-refractivity contribution in [3.63, 3.8) is 0 Å². The molecule has 0 fully saturated rings. The van der Waals surface area contributed by atoms with Crippen molar-refractivity contribution in [3.05, 3.63) is 48.0 Å². The first-order valence-electron chi connectivity index (χ1n) is 10.9. The largest absolute Gasteiger partial charge is 0.390 e. The van der Waals surface area contributed by atoms with Crippen molar-refractivity contribution in [2.24, 2.45) is 0 Å². The molecule has 0 aromatic carbocycles. The Hall–Kier alpha value is -3.55. The molecule has 1 amide bonds. The van der Waals surface area contributed by atoms with Gasteiger partial charge in [0, 0.05) is 30.1 Å². The number of hydrogen-bond donors (Lipinski definition) is 4. The van der Waals surface area contributed by atoms with Crippen LogP contribution in [0.3, 0.4) is 0 Å². The summed E-state index contributed by atoms with van der Waals surface area (Å²) in [5.74, 6) is -0.546. The van der Waals surface area contributed by atoms with Crippen LogP contribution in [-0.4, -0.2) is 61.2 Å². The molecule has 0 aliphatic heterocycles. The topological polar surface area (TPSA) is 136 Å². The van der Waals surface area contributed by atoms with Crippen LogP contribution in [0.1, 0.15) is 50.2 Å². The first-order chi connectivity index (χ1) is 15.9. The molecule has 3 aromatic heterocycles. The first-order valence-corrected chi connectivity index (χ1v) is 10.9. The third-order valence-electron chi connectivity index (χ3n) is 5.34. The van der Waals surface area contributed by atoms with Gasteiger partial charge in [0.1, 0.15) is 17.9 Å². The Balaban J connectivity index is 1.96. The van der Waals surface area contributed by atoms with Gasteiger partial charge in [-0.1, -0.05) is 0 Å². The number of pyridine rings is 1. The second kappa shape index (κ2) is 9.75. The molecule has 0 saturated heterocycles. The Labute approximate surface area is 197 Å². The van der Waals surface area contributed by atoms with Gasteiger partial charge in [-0.15, -0.1) is 0 Å². The summed E-state index contributed by atoms with van der Waals surface area (Å²) < 4.78 is 15.8. The molecule has 1 atom stereocenters. The number of nitriles is 1. The molecule has 3 heterocycles. The number of hydrogen-bond acceptors (Lipinski definition) is 7. The zero-order valence-corrected chi connectivity index (χ0v) is 19.6. The van der Waals surface area contributed by atoms with E-state index in [1.165, 1.54) is 20.0 Å². The lowest BCUT2D eigenvalue weighted by Gasteiger charge is -2.23. The van der Waals surface area contributed by atoms with Crippen molar-refractivity contribution in [1.29, 1.82) is 5.26 Å². The lowest BCUT2D eigenvalue weighted by Crippen LogP contribution is -2.42. The van der Waals surface area contributed by atoms with Crippen LogP contribution in [0.4, 0.5) is 10.1 Å². The van der Waals surface area contributed by atoms with E-state index in [1.807, 2.05) is 12.1 Å². The van der Waals surface area contributed by atoms with Crippen molar-refractivity contribution in [1.82, 2.24) is 19.9 Å². The van der Waals surface area contributed by atoms with Crippen molar-refractivity contribution in [2.75, 3.05) is 18.4 Å². The lowest BCUT2D eigenvalue weighted by molar-refractivity contribution is -0.00177. The predicted octanol–water partition coefficient (Wildman–Crippen LogP) is 2.68. The molecule has 3 rings (SSSR count). The zero-order chi connectivity index (χ0) is 25.1. The molecule has 0 bridgehead atoms. The van der Waals surface area contributed by atoms with E-state index in [9.17, 15) is 19.4 Å². The molecule has 0 aliphatic carbocycles. The number of nitrogens with zero attached hydrogens (tertiary/aromatic N) is 4. The number of aromatic nitrogens is 3. The summed E-state index contributed by atoms with van der Waals surface area (Å²) in [6.45, 7) is 6.06. The predicted molar refractivity (Wildman–Crippen MR) is 126 cm³/mol. The zero-order valence-electron chi connectivity index (χ0n) is 19.6. The van der Waals surface area contributed by atoms with E-state index in [1.54, 1.807) is 42.9 Å². The maximum absolute atomic E-state index is 14.2. The van der Waals surface area contributed by atoms with Gasteiger partial charge in [-0.25, -0.2) is 13.9 Å². The maximum atomic E-state index is 14.2. The summed E-state index contributed by atoms with van der Waals surface area (Å²) in [5, 5.41) is 38.9. The van der Waals surface area contributed by atoms with Crippen LogP contribution < -0.4 is 10.6 Å². The first kappa shape index (κ1) is 25.1. The molecule has 0 radical (unpaired) electrons. The van der Waals surface area contributed by atoms with Gasteiger partial charge >= 0.3 is 0 Å². The van der Waals surface area contributed by atoms with E-state index in [2.05, 4.69) is 20.7 Å². The van der Waals surface area contributed by atoms with E-state index >= 15 is 0 Å². The monoisotopic (exact) mass is 468 g/mol. The third-order valence-corrected chi connectivity index (χ3v) is 5.34. The lowest BCUT2D eigenvalue weighted by atomic mass is 10.0. The fourth-order valence-electron chi connectivity index (χ4n) is 3.22. The van der Waals surface area contributed by atoms with Gasteiger partial charge in [0.05, 0.1) is 40.7 Å². The average molecular weight is 469 g/mol.